The van der Waals surface area contributed by atoms with Gasteiger partial charge in [-0.2, -0.15) is 0 Å². The minimum atomic E-state index is -0.264. The molecule has 1 fully saturated rings. The topological polar surface area (TPSA) is 101 Å². The van der Waals surface area contributed by atoms with Crippen molar-refractivity contribution < 1.29 is 19.8 Å². The summed E-state index contributed by atoms with van der Waals surface area (Å²) < 4.78 is 10.9. The number of oxime groups is 1. The summed E-state index contributed by atoms with van der Waals surface area (Å²) in [7, 11) is 1.58. The maximum atomic E-state index is 9.33. The lowest BCUT2D eigenvalue weighted by Crippen LogP contribution is -2.48. The Morgan fingerprint density at radius 2 is 2.29 bits per heavy atom. The predicted octanol–water partition coefficient (Wildman–Crippen LogP) is 0.376. The Balaban J connectivity index is 2.40. The highest BCUT2D eigenvalue weighted by molar-refractivity contribution is 6.02. The normalized spacial score (nSPS) is 23.2. The van der Waals surface area contributed by atoms with Crippen LogP contribution in [-0.4, -0.2) is 55.2 Å². The first-order valence-corrected chi connectivity index (χ1v) is 6.76. The van der Waals surface area contributed by atoms with Gasteiger partial charge >= 0.3 is 0 Å². The van der Waals surface area contributed by atoms with Gasteiger partial charge < -0.3 is 30.4 Å². The summed E-state index contributed by atoms with van der Waals surface area (Å²) in [5.41, 5.74) is 7.15. The molecule has 2 unspecified atom stereocenters. The van der Waals surface area contributed by atoms with Crippen molar-refractivity contribution in [1.82, 2.24) is 0 Å². The number of amidine groups is 1. The molecule has 116 valence electrons. The molecule has 0 aliphatic carbocycles. The maximum Gasteiger partial charge on any atom is 0.172 e. The first-order chi connectivity index (χ1) is 10.1. The van der Waals surface area contributed by atoms with Gasteiger partial charge in [-0.25, -0.2) is 0 Å². The highest BCUT2D eigenvalue weighted by Gasteiger charge is 2.27. The molecule has 2 atom stereocenters. The summed E-state index contributed by atoms with van der Waals surface area (Å²) in [6, 6.07) is 5.33. The third-order valence-electron chi connectivity index (χ3n) is 3.46. The first-order valence-electron chi connectivity index (χ1n) is 6.76. The standard InChI is InChI=1S/C14H21N3O4/c1-9-6-17(7-11(8-18)21-9)13-5-10(20-2)3-4-12(13)14(15)16-19/h3-5,9,11,18-19H,6-8H2,1-2H3,(H2,15,16). The number of aliphatic hydroxyl groups excluding tert-OH is 1. The molecule has 0 spiro atoms. The van der Waals surface area contributed by atoms with E-state index in [1.54, 1.807) is 19.2 Å². The number of nitrogens with zero attached hydrogens (tertiary/aromatic N) is 2. The fourth-order valence-corrected chi connectivity index (χ4v) is 2.51. The van der Waals surface area contributed by atoms with E-state index in [-0.39, 0.29) is 24.7 Å². The van der Waals surface area contributed by atoms with Crippen molar-refractivity contribution in [3.05, 3.63) is 23.8 Å². The summed E-state index contributed by atoms with van der Waals surface area (Å²) >= 11 is 0. The molecule has 0 saturated carbocycles. The van der Waals surface area contributed by atoms with E-state index in [4.69, 9.17) is 20.4 Å². The van der Waals surface area contributed by atoms with Gasteiger partial charge in [0.05, 0.1) is 31.6 Å². The largest absolute Gasteiger partial charge is 0.497 e. The predicted molar refractivity (Wildman–Crippen MR) is 79.1 cm³/mol. The van der Waals surface area contributed by atoms with Crippen LogP contribution in [0.25, 0.3) is 0 Å². The molecule has 1 heterocycles. The van der Waals surface area contributed by atoms with Crippen molar-refractivity contribution in [1.29, 1.82) is 0 Å². The van der Waals surface area contributed by atoms with Crippen LogP contribution in [0, 0.1) is 0 Å². The van der Waals surface area contributed by atoms with E-state index in [9.17, 15) is 5.11 Å². The average Bonchev–Trinajstić information content (AvgIpc) is 2.52. The van der Waals surface area contributed by atoms with E-state index < -0.39 is 0 Å². The van der Waals surface area contributed by atoms with Crippen LogP contribution in [0.3, 0.4) is 0 Å². The second-order valence-corrected chi connectivity index (χ2v) is 5.02. The minimum absolute atomic E-state index is 0.0257. The SMILES string of the molecule is COc1ccc(/C(N)=N/O)c(N2CC(C)OC(CO)C2)c1. The molecule has 7 heteroatoms. The number of hydrogen-bond donors (Lipinski definition) is 3. The average molecular weight is 295 g/mol. The molecular formula is C14H21N3O4. The van der Waals surface area contributed by atoms with Crippen molar-refractivity contribution in [2.24, 2.45) is 10.9 Å². The second-order valence-electron chi connectivity index (χ2n) is 5.02. The molecule has 1 saturated heterocycles. The van der Waals surface area contributed by atoms with E-state index in [2.05, 4.69) is 5.16 Å². The Kier molecular flexibility index (Phi) is 4.87. The van der Waals surface area contributed by atoms with E-state index in [1.165, 1.54) is 0 Å². The number of nitrogens with two attached hydrogens (primary N) is 1. The molecule has 4 N–H and O–H groups in total. The quantitative estimate of drug-likeness (QED) is 0.321. The van der Waals surface area contributed by atoms with E-state index in [0.717, 1.165) is 5.69 Å². The lowest BCUT2D eigenvalue weighted by Gasteiger charge is -2.38. The number of ether oxygens (including phenoxy) is 2. The molecule has 1 aromatic carbocycles. The van der Waals surface area contributed by atoms with Crippen LogP contribution < -0.4 is 15.4 Å². The Bertz CT molecular complexity index is 521. The zero-order chi connectivity index (χ0) is 15.4. The van der Waals surface area contributed by atoms with Crippen LogP contribution >= 0.6 is 0 Å². The second kappa shape index (κ2) is 6.64. The molecule has 21 heavy (non-hydrogen) atoms. The molecular weight excluding hydrogens is 274 g/mol. The Hall–Kier alpha value is -1.99. The van der Waals surface area contributed by atoms with Crippen LogP contribution in [0.15, 0.2) is 23.4 Å². The number of methoxy groups -OCH3 is 1. The monoisotopic (exact) mass is 295 g/mol. The van der Waals surface area contributed by atoms with Gasteiger partial charge in [0.25, 0.3) is 0 Å². The number of anilines is 1. The molecule has 7 nitrogen and oxygen atoms in total. The zero-order valence-corrected chi connectivity index (χ0v) is 12.2. The highest BCUT2D eigenvalue weighted by Crippen LogP contribution is 2.28. The molecule has 0 aromatic heterocycles. The Morgan fingerprint density at radius 1 is 1.52 bits per heavy atom. The van der Waals surface area contributed by atoms with Crippen molar-refractivity contribution in [3.8, 4) is 5.75 Å². The number of hydrogen-bond acceptors (Lipinski definition) is 6. The van der Waals surface area contributed by atoms with Gasteiger partial charge in [0.15, 0.2) is 5.84 Å². The van der Waals surface area contributed by atoms with E-state index in [1.807, 2.05) is 17.9 Å². The number of benzene rings is 1. The van der Waals surface area contributed by atoms with Crippen LogP contribution in [0.2, 0.25) is 0 Å². The molecule has 1 aliphatic rings. The zero-order valence-electron chi connectivity index (χ0n) is 12.2. The van der Waals surface area contributed by atoms with Crippen molar-refractivity contribution in [2.45, 2.75) is 19.1 Å². The van der Waals surface area contributed by atoms with Crippen LogP contribution in [0.1, 0.15) is 12.5 Å². The molecule has 2 rings (SSSR count). The van der Waals surface area contributed by atoms with Crippen molar-refractivity contribution in [2.75, 3.05) is 31.7 Å². The Morgan fingerprint density at radius 3 is 2.90 bits per heavy atom. The fourth-order valence-electron chi connectivity index (χ4n) is 2.51. The molecule has 1 aromatic rings. The van der Waals surface area contributed by atoms with Gasteiger partial charge in [-0.05, 0) is 19.1 Å². The molecule has 1 aliphatic heterocycles. The van der Waals surface area contributed by atoms with Gasteiger partial charge in [0, 0.05) is 24.7 Å². The summed E-state index contributed by atoms with van der Waals surface area (Å²) in [6.45, 7) is 3.07. The van der Waals surface area contributed by atoms with Gasteiger partial charge in [-0.3, -0.25) is 0 Å². The lowest BCUT2D eigenvalue weighted by molar-refractivity contribution is -0.0421. The fraction of sp³-hybridized carbons (Fsp3) is 0.500. The maximum absolute atomic E-state index is 9.33. The number of morpholine rings is 1. The highest BCUT2D eigenvalue weighted by atomic mass is 16.5. The Labute approximate surface area is 123 Å². The summed E-state index contributed by atoms with van der Waals surface area (Å²) in [4.78, 5) is 2.05. The summed E-state index contributed by atoms with van der Waals surface area (Å²) in [6.07, 6.45) is -0.290. The molecule has 0 radical (unpaired) electrons. The molecule has 0 amide bonds. The van der Waals surface area contributed by atoms with Crippen LogP contribution in [0.5, 0.6) is 5.75 Å². The van der Waals surface area contributed by atoms with Crippen LogP contribution in [-0.2, 0) is 4.74 Å². The van der Waals surface area contributed by atoms with Gasteiger partial charge in [0.1, 0.15) is 5.75 Å². The summed E-state index contributed by atoms with van der Waals surface area (Å²) in [5.74, 6) is 0.714. The van der Waals surface area contributed by atoms with Crippen molar-refractivity contribution >= 4 is 11.5 Å². The lowest BCUT2D eigenvalue weighted by atomic mass is 10.1. The van der Waals surface area contributed by atoms with E-state index >= 15 is 0 Å². The first kappa shape index (κ1) is 15.4. The van der Waals surface area contributed by atoms with Crippen molar-refractivity contribution in [3.63, 3.8) is 0 Å². The third kappa shape index (κ3) is 3.37. The summed E-state index contributed by atoms with van der Waals surface area (Å²) in [5, 5.41) is 21.3. The third-order valence-corrected chi connectivity index (χ3v) is 3.46. The smallest absolute Gasteiger partial charge is 0.172 e. The number of aliphatic hydroxyl groups is 1. The van der Waals surface area contributed by atoms with Gasteiger partial charge in [0.2, 0.25) is 0 Å². The van der Waals surface area contributed by atoms with Crippen LogP contribution in [0.4, 0.5) is 5.69 Å². The van der Waals surface area contributed by atoms with Gasteiger partial charge in [-0.1, -0.05) is 5.16 Å². The molecule has 0 bridgehead atoms. The van der Waals surface area contributed by atoms with E-state index in [0.29, 0.717) is 24.4 Å². The number of rotatable bonds is 4. The van der Waals surface area contributed by atoms with Gasteiger partial charge in [-0.15, -0.1) is 0 Å². The minimum Gasteiger partial charge on any atom is -0.497 e.